The predicted molar refractivity (Wildman–Crippen MR) is 127 cm³/mol. The number of rotatable bonds is 5. The van der Waals surface area contributed by atoms with E-state index in [1.54, 1.807) is 11.3 Å². The Bertz CT molecular complexity index is 1130. The molecule has 3 aromatic rings. The van der Waals surface area contributed by atoms with Crippen molar-refractivity contribution in [2.24, 2.45) is 0 Å². The van der Waals surface area contributed by atoms with E-state index in [4.69, 9.17) is 9.47 Å². The number of amides is 1. The van der Waals surface area contributed by atoms with E-state index in [0.717, 1.165) is 47.7 Å². The lowest BCUT2D eigenvalue weighted by atomic mass is 9.92. The van der Waals surface area contributed by atoms with Crippen molar-refractivity contribution in [3.05, 3.63) is 69.2 Å². The van der Waals surface area contributed by atoms with Gasteiger partial charge in [0, 0.05) is 47.9 Å². The van der Waals surface area contributed by atoms with E-state index in [9.17, 15) is 4.79 Å². The van der Waals surface area contributed by atoms with Gasteiger partial charge in [-0.2, -0.15) is 0 Å². The van der Waals surface area contributed by atoms with E-state index in [1.165, 1.54) is 22.3 Å². The minimum absolute atomic E-state index is 0.0363. The minimum atomic E-state index is -0.0363. The lowest BCUT2D eigenvalue weighted by Gasteiger charge is -2.24. The number of nitrogens with one attached hydrogen (secondary N) is 1. The van der Waals surface area contributed by atoms with E-state index < -0.39 is 0 Å². The molecule has 3 heterocycles. The second-order valence-electron chi connectivity index (χ2n) is 8.64. The fourth-order valence-corrected chi connectivity index (χ4v) is 5.33. The Morgan fingerprint density at radius 1 is 1.16 bits per heavy atom. The van der Waals surface area contributed by atoms with Gasteiger partial charge in [-0.1, -0.05) is 24.3 Å². The van der Waals surface area contributed by atoms with Crippen LogP contribution in [0.15, 0.2) is 35.7 Å². The summed E-state index contributed by atoms with van der Waals surface area (Å²) in [5.74, 6) is 0.732. The number of carbonyl (C=O) groups excluding carboxylic acids is 1. The fraction of sp³-hybridized carbons (Fsp3) is 0.385. The summed E-state index contributed by atoms with van der Waals surface area (Å²) in [6, 6.07) is 10.8. The van der Waals surface area contributed by atoms with Crippen LogP contribution in [0, 0.1) is 13.8 Å². The Hall–Kier alpha value is -2.70. The molecule has 0 unspecified atom stereocenters. The second-order valence-corrected chi connectivity index (χ2v) is 9.50. The number of aryl methyl sites for hydroxylation is 1. The van der Waals surface area contributed by atoms with Gasteiger partial charge in [-0.05, 0) is 55.9 Å². The van der Waals surface area contributed by atoms with Gasteiger partial charge < -0.3 is 14.8 Å². The van der Waals surface area contributed by atoms with Crippen molar-refractivity contribution in [2.45, 2.75) is 45.6 Å². The highest BCUT2D eigenvalue weighted by molar-refractivity contribution is 7.13. The van der Waals surface area contributed by atoms with Crippen LogP contribution in [-0.2, 0) is 17.6 Å². The largest absolute Gasteiger partial charge is 0.492 e. The van der Waals surface area contributed by atoms with Crippen molar-refractivity contribution >= 4 is 17.2 Å². The third kappa shape index (κ3) is 4.30. The molecule has 0 radical (unpaired) electrons. The fourth-order valence-electron chi connectivity index (χ4n) is 4.52. The molecular weight excluding hydrogens is 420 g/mol. The van der Waals surface area contributed by atoms with Gasteiger partial charge in [-0.25, -0.2) is 4.98 Å². The molecule has 0 aliphatic carbocycles. The number of aromatic nitrogens is 1. The van der Waals surface area contributed by atoms with Gasteiger partial charge >= 0.3 is 0 Å². The monoisotopic (exact) mass is 448 g/mol. The predicted octanol–water partition coefficient (Wildman–Crippen LogP) is 4.86. The lowest BCUT2D eigenvalue weighted by Crippen LogP contribution is -2.39. The van der Waals surface area contributed by atoms with Gasteiger partial charge in [0.25, 0.3) is 5.91 Å². The Labute approximate surface area is 192 Å². The summed E-state index contributed by atoms with van der Waals surface area (Å²) in [6.45, 7) is 6.21. The van der Waals surface area contributed by atoms with Crippen molar-refractivity contribution < 1.29 is 14.3 Å². The Kier molecular flexibility index (Phi) is 5.98. The van der Waals surface area contributed by atoms with Crippen LogP contribution in [0.25, 0.3) is 10.6 Å². The molecule has 1 N–H and O–H groups in total. The molecular formula is C26H28N2O3S. The van der Waals surface area contributed by atoms with Crippen LogP contribution in [0.2, 0.25) is 0 Å². The summed E-state index contributed by atoms with van der Waals surface area (Å²) in [7, 11) is 0. The van der Waals surface area contributed by atoms with Crippen molar-refractivity contribution in [3.63, 3.8) is 0 Å². The first-order valence-electron chi connectivity index (χ1n) is 11.3. The third-order valence-corrected chi connectivity index (χ3v) is 7.39. The van der Waals surface area contributed by atoms with Crippen LogP contribution in [0.1, 0.15) is 51.1 Å². The van der Waals surface area contributed by atoms with Gasteiger partial charge in [-0.15, -0.1) is 11.3 Å². The number of benzene rings is 2. The third-order valence-electron chi connectivity index (χ3n) is 6.39. The zero-order valence-corrected chi connectivity index (χ0v) is 19.4. The zero-order valence-electron chi connectivity index (χ0n) is 18.6. The molecule has 1 amide bonds. The zero-order chi connectivity index (χ0) is 22.1. The molecule has 2 aliphatic heterocycles. The van der Waals surface area contributed by atoms with E-state index in [0.29, 0.717) is 25.4 Å². The standard InChI is InChI=1S/C26H28N2O3S/c1-16-15-32-26(27-16)19-5-3-18(4-6-19)13-20-14-23(24-22(17(20)2)9-12-31-24)25(29)28-21-7-10-30-11-8-21/h3-6,14-15,21H,7-13H2,1-2H3,(H,28,29). The quantitative estimate of drug-likeness (QED) is 0.605. The Morgan fingerprint density at radius 2 is 1.94 bits per heavy atom. The molecule has 1 aromatic heterocycles. The summed E-state index contributed by atoms with van der Waals surface area (Å²) in [4.78, 5) is 17.7. The summed E-state index contributed by atoms with van der Waals surface area (Å²) in [6.07, 6.45) is 3.36. The van der Waals surface area contributed by atoms with Crippen molar-refractivity contribution in [1.82, 2.24) is 10.3 Å². The van der Waals surface area contributed by atoms with Gasteiger partial charge in [0.1, 0.15) is 10.8 Å². The van der Waals surface area contributed by atoms with Crippen LogP contribution in [0.3, 0.4) is 0 Å². The highest BCUT2D eigenvalue weighted by Crippen LogP contribution is 2.36. The van der Waals surface area contributed by atoms with Crippen LogP contribution in [-0.4, -0.2) is 36.8 Å². The van der Waals surface area contributed by atoms with Crippen LogP contribution < -0.4 is 10.1 Å². The highest BCUT2D eigenvalue weighted by Gasteiger charge is 2.26. The van der Waals surface area contributed by atoms with Crippen molar-refractivity contribution in [1.29, 1.82) is 0 Å². The second kappa shape index (κ2) is 9.04. The first kappa shape index (κ1) is 21.2. The van der Waals surface area contributed by atoms with Crippen LogP contribution >= 0.6 is 11.3 Å². The van der Waals surface area contributed by atoms with Crippen molar-refractivity contribution in [2.75, 3.05) is 19.8 Å². The lowest BCUT2D eigenvalue weighted by molar-refractivity contribution is 0.0695. The van der Waals surface area contributed by atoms with E-state index in [-0.39, 0.29) is 11.9 Å². The molecule has 5 nitrogen and oxygen atoms in total. The molecule has 2 aromatic carbocycles. The molecule has 1 fully saturated rings. The van der Waals surface area contributed by atoms with E-state index in [1.807, 2.05) is 13.0 Å². The van der Waals surface area contributed by atoms with E-state index in [2.05, 4.69) is 46.9 Å². The smallest absolute Gasteiger partial charge is 0.255 e. The van der Waals surface area contributed by atoms with Gasteiger partial charge in [0.05, 0.1) is 12.2 Å². The van der Waals surface area contributed by atoms with E-state index >= 15 is 0 Å². The maximum atomic E-state index is 13.2. The molecule has 0 spiro atoms. The SMILES string of the molecule is Cc1csc(-c2ccc(Cc3cc(C(=O)NC4CCOCC4)c4c(c3C)CCO4)cc2)n1. The molecule has 32 heavy (non-hydrogen) atoms. The first-order valence-corrected chi connectivity index (χ1v) is 12.1. The number of ether oxygens (including phenoxy) is 2. The highest BCUT2D eigenvalue weighted by atomic mass is 32.1. The summed E-state index contributed by atoms with van der Waals surface area (Å²) >= 11 is 1.67. The number of hydrogen-bond acceptors (Lipinski definition) is 5. The van der Waals surface area contributed by atoms with Crippen LogP contribution in [0.4, 0.5) is 0 Å². The Balaban J connectivity index is 1.40. The maximum absolute atomic E-state index is 13.2. The molecule has 6 heteroatoms. The molecule has 0 atom stereocenters. The van der Waals surface area contributed by atoms with Gasteiger partial charge in [-0.3, -0.25) is 4.79 Å². The topological polar surface area (TPSA) is 60.5 Å². The average molecular weight is 449 g/mol. The molecule has 2 aliphatic rings. The number of carbonyl (C=O) groups is 1. The summed E-state index contributed by atoms with van der Waals surface area (Å²) < 4.78 is 11.3. The molecule has 1 saturated heterocycles. The number of hydrogen-bond donors (Lipinski definition) is 1. The summed E-state index contributed by atoms with van der Waals surface area (Å²) in [5.41, 5.74) is 7.68. The Morgan fingerprint density at radius 3 is 2.66 bits per heavy atom. The number of nitrogens with zero attached hydrogens (tertiary/aromatic N) is 1. The van der Waals surface area contributed by atoms with Gasteiger partial charge in [0.2, 0.25) is 0 Å². The van der Waals surface area contributed by atoms with Crippen molar-refractivity contribution in [3.8, 4) is 16.3 Å². The molecule has 0 bridgehead atoms. The normalized spacial score (nSPS) is 15.9. The number of thiazole rings is 1. The molecule has 5 rings (SSSR count). The van der Waals surface area contributed by atoms with Gasteiger partial charge in [0.15, 0.2) is 0 Å². The minimum Gasteiger partial charge on any atom is -0.492 e. The first-order chi connectivity index (χ1) is 15.6. The average Bonchev–Trinajstić information content (AvgIpc) is 3.46. The summed E-state index contributed by atoms with van der Waals surface area (Å²) in [5, 5.41) is 6.32. The molecule has 0 saturated carbocycles. The molecule has 166 valence electrons. The van der Waals surface area contributed by atoms with Crippen LogP contribution in [0.5, 0.6) is 5.75 Å². The number of fused-ring (bicyclic) bond motifs is 1. The maximum Gasteiger partial charge on any atom is 0.255 e.